The van der Waals surface area contributed by atoms with E-state index >= 15 is 0 Å². The normalized spacial score (nSPS) is 10.8. The van der Waals surface area contributed by atoms with E-state index in [0.717, 1.165) is 39.7 Å². The van der Waals surface area contributed by atoms with Gasteiger partial charge in [-0.1, -0.05) is 18.2 Å². The summed E-state index contributed by atoms with van der Waals surface area (Å²) in [7, 11) is 0. The number of nitrogens with zero attached hydrogens (tertiary/aromatic N) is 1. The molecule has 2 rings (SSSR count). The largest absolute Gasteiger partial charge is 0.366 e. The fourth-order valence-corrected chi connectivity index (χ4v) is 2.44. The van der Waals surface area contributed by atoms with Crippen molar-refractivity contribution in [3.8, 4) is 0 Å². The van der Waals surface area contributed by atoms with E-state index in [9.17, 15) is 9.59 Å². The van der Waals surface area contributed by atoms with Crippen molar-refractivity contribution in [2.45, 2.75) is 27.7 Å². The monoisotopic (exact) mass is 322 g/mol. The molecular formula is C20H22N2O2. The average molecular weight is 322 g/mol. The van der Waals surface area contributed by atoms with Gasteiger partial charge in [-0.2, -0.15) is 0 Å². The van der Waals surface area contributed by atoms with E-state index in [1.807, 2.05) is 64.1 Å². The smallest absolute Gasteiger partial charge is 0.255 e. The molecule has 0 aromatic heterocycles. The summed E-state index contributed by atoms with van der Waals surface area (Å²) in [4.78, 5) is 25.3. The molecule has 0 bridgehead atoms. The van der Waals surface area contributed by atoms with Gasteiger partial charge in [0.1, 0.15) is 0 Å². The van der Waals surface area contributed by atoms with Crippen LogP contribution < -0.4 is 10.6 Å². The molecule has 0 fully saturated rings. The van der Waals surface area contributed by atoms with Crippen molar-refractivity contribution in [2.75, 3.05) is 4.90 Å². The summed E-state index contributed by atoms with van der Waals surface area (Å²) in [5.41, 5.74) is 10.9. The predicted molar refractivity (Wildman–Crippen MR) is 97.3 cm³/mol. The van der Waals surface area contributed by atoms with E-state index in [2.05, 4.69) is 0 Å². The Balaban J connectivity index is 2.60. The molecule has 24 heavy (non-hydrogen) atoms. The van der Waals surface area contributed by atoms with E-state index in [1.54, 1.807) is 4.90 Å². The van der Waals surface area contributed by atoms with Crippen LogP contribution in [0.5, 0.6) is 0 Å². The zero-order valence-electron chi connectivity index (χ0n) is 14.5. The van der Waals surface area contributed by atoms with Gasteiger partial charge in [0.2, 0.25) is 5.91 Å². The van der Waals surface area contributed by atoms with Gasteiger partial charge in [-0.15, -0.1) is 0 Å². The lowest BCUT2D eigenvalue weighted by molar-refractivity contribution is -0.115. The first kappa shape index (κ1) is 17.5. The molecule has 124 valence electrons. The molecule has 0 saturated carbocycles. The molecule has 0 saturated heterocycles. The molecule has 0 atom stereocenters. The minimum absolute atomic E-state index is 0.314. The number of anilines is 2. The number of primary amides is 1. The Morgan fingerprint density at radius 1 is 0.875 bits per heavy atom. The number of nitrogens with two attached hydrogens (primary N) is 1. The molecule has 2 amide bonds. The second-order valence-electron chi connectivity index (χ2n) is 5.97. The first-order valence-corrected chi connectivity index (χ1v) is 7.75. The number of benzene rings is 2. The highest BCUT2D eigenvalue weighted by Crippen LogP contribution is 2.31. The van der Waals surface area contributed by atoms with Gasteiger partial charge in [-0.3, -0.25) is 14.5 Å². The molecule has 0 aliphatic rings. The molecule has 2 aromatic carbocycles. The van der Waals surface area contributed by atoms with Crippen molar-refractivity contribution in [2.24, 2.45) is 5.73 Å². The van der Waals surface area contributed by atoms with Gasteiger partial charge in [0, 0.05) is 17.8 Å². The molecule has 2 aromatic rings. The lowest BCUT2D eigenvalue weighted by atomic mass is 10.1. The first-order valence-electron chi connectivity index (χ1n) is 7.75. The van der Waals surface area contributed by atoms with Crippen LogP contribution in [0.1, 0.15) is 22.3 Å². The minimum Gasteiger partial charge on any atom is -0.366 e. The Hall–Kier alpha value is -2.88. The maximum atomic E-state index is 12.7. The van der Waals surface area contributed by atoms with E-state index < -0.39 is 5.91 Å². The van der Waals surface area contributed by atoms with Crippen LogP contribution in [0.4, 0.5) is 11.4 Å². The quantitative estimate of drug-likeness (QED) is 0.874. The molecular weight excluding hydrogens is 300 g/mol. The van der Waals surface area contributed by atoms with Gasteiger partial charge in [0.15, 0.2) is 0 Å². The van der Waals surface area contributed by atoms with Crippen molar-refractivity contribution in [3.05, 3.63) is 70.8 Å². The molecule has 0 unspecified atom stereocenters. The second-order valence-corrected chi connectivity index (χ2v) is 5.97. The molecule has 0 radical (unpaired) electrons. The Kier molecular flexibility index (Phi) is 5.19. The lowest BCUT2D eigenvalue weighted by Crippen LogP contribution is -2.25. The predicted octanol–water partition coefficient (Wildman–Crippen LogP) is 3.63. The van der Waals surface area contributed by atoms with Crippen molar-refractivity contribution < 1.29 is 9.59 Å². The van der Waals surface area contributed by atoms with Crippen LogP contribution in [-0.2, 0) is 9.59 Å². The maximum absolute atomic E-state index is 12.7. The van der Waals surface area contributed by atoms with Crippen LogP contribution in [0, 0.1) is 27.7 Å². The molecule has 4 heteroatoms. The fraction of sp³-hybridized carbons (Fsp3) is 0.200. The number of amides is 2. The number of rotatable bonds is 4. The summed E-state index contributed by atoms with van der Waals surface area (Å²) in [5.74, 6) is -0.963. The summed E-state index contributed by atoms with van der Waals surface area (Å²) in [6.45, 7) is 7.96. The minimum atomic E-state index is -0.649. The fourth-order valence-electron chi connectivity index (χ4n) is 2.44. The molecule has 0 heterocycles. The van der Waals surface area contributed by atoms with Gasteiger partial charge >= 0.3 is 0 Å². The molecule has 2 N–H and O–H groups in total. The van der Waals surface area contributed by atoms with Gasteiger partial charge in [-0.25, -0.2) is 0 Å². The highest BCUT2D eigenvalue weighted by atomic mass is 16.2. The maximum Gasteiger partial charge on any atom is 0.255 e. The van der Waals surface area contributed by atoms with Crippen LogP contribution in [0.15, 0.2) is 48.6 Å². The van der Waals surface area contributed by atoms with Gasteiger partial charge < -0.3 is 5.73 Å². The Morgan fingerprint density at radius 3 is 2.17 bits per heavy atom. The third-order valence-corrected chi connectivity index (χ3v) is 3.96. The van der Waals surface area contributed by atoms with Gasteiger partial charge in [0.25, 0.3) is 5.91 Å². The summed E-state index contributed by atoms with van der Waals surface area (Å²) in [5, 5.41) is 0. The van der Waals surface area contributed by atoms with E-state index in [0.29, 0.717) is 0 Å². The topological polar surface area (TPSA) is 63.4 Å². The first-order chi connectivity index (χ1) is 11.3. The van der Waals surface area contributed by atoms with Crippen LogP contribution in [0.2, 0.25) is 0 Å². The second kappa shape index (κ2) is 7.13. The zero-order chi connectivity index (χ0) is 17.9. The number of carbonyl (C=O) groups is 2. The SMILES string of the molecule is Cc1ccc(C)c(N(C(=O)/C=C\C(N)=O)c2ccc(C)c(C)c2)c1. The lowest BCUT2D eigenvalue weighted by Gasteiger charge is -2.24. The van der Waals surface area contributed by atoms with Gasteiger partial charge in [-0.05, 0) is 68.1 Å². The molecule has 4 nitrogen and oxygen atoms in total. The van der Waals surface area contributed by atoms with Gasteiger partial charge in [0.05, 0.1) is 5.69 Å². The average Bonchev–Trinajstić information content (AvgIpc) is 2.52. The van der Waals surface area contributed by atoms with Crippen LogP contribution >= 0.6 is 0 Å². The van der Waals surface area contributed by atoms with E-state index in [4.69, 9.17) is 5.73 Å². The standard InChI is InChI=1S/C20H22N2O2/c1-13-5-6-15(3)18(11-13)22(20(24)10-9-19(21)23)17-8-7-14(2)16(4)12-17/h5-12H,1-4H3,(H2,21,23)/b10-9-. The third kappa shape index (κ3) is 3.90. The van der Waals surface area contributed by atoms with Crippen molar-refractivity contribution >= 4 is 23.2 Å². The van der Waals surface area contributed by atoms with Crippen LogP contribution in [-0.4, -0.2) is 11.8 Å². The third-order valence-electron chi connectivity index (χ3n) is 3.96. The number of carbonyl (C=O) groups excluding carboxylic acids is 2. The Morgan fingerprint density at radius 2 is 1.54 bits per heavy atom. The van der Waals surface area contributed by atoms with Crippen LogP contribution in [0.3, 0.4) is 0 Å². The highest BCUT2D eigenvalue weighted by molar-refractivity contribution is 6.09. The van der Waals surface area contributed by atoms with Crippen LogP contribution in [0.25, 0.3) is 0 Å². The summed E-state index contributed by atoms with van der Waals surface area (Å²) < 4.78 is 0. The zero-order valence-corrected chi connectivity index (χ0v) is 14.5. The summed E-state index contributed by atoms with van der Waals surface area (Å²) >= 11 is 0. The summed E-state index contributed by atoms with van der Waals surface area (Å²) in [6, 6.07) is 11.8. The Labute approximate surface area is 142 Å². The van der Waals surface area contributed by atoms with E-state index in [-0.39, 0.29) is 5.91 Å². The van der Waals surface area contributed by atoms with Crippen molar-refractivity contribution in [3.63, 3.8) is 0 Å². The molecule has 0 spiro atoms. The molecule has 0 aliphatic carbocycles. The summed E-state index contributed by atoms with van der Waals surface area (Å²) in [6.07, 6.45) is 2.29. The van der Waals surface area contributed by atoms with Crippen molar-refractivity contribution in [1.82, 2.24) is 0 Å². The number of hydrogen-bond donors (Lipinski definition) is 1. The number of hydrogen-bond acceptors (Lipinski definition) is 2. The van der Waals surface area contributed by atoms with E-state index in [1.165, 1.54) is 6.08 Å². The Bertz CT molecular complexity index is 822. The number of aryl methyl sites for hydroxylation is 4. The highest BCUT2D eigenvalue weighted by Gasteiger charge is 2.18. The van der Waals surface area contributed by atoms with Crippen molar-refractivity contribution in [1.29, 1.82) is 0 Å². The molecule has 0 aliphatic heterocycles.